The highest BCUT2D eigenvalue weighted by Crippen LogP contribution is 1.87. The number of aliphatic hydroxyl groups is 1. The molecule has 0 bridgehead atoms. The Morgan fingerprint density at radius 2 is 2.20 bits per heavy atom. The van der Waals surface area contributed by atoms with Crippen LogP contribution in [-0.4, -0.2) is 38.5 Å². The summed E-state index contributed by atoms with van der Waals surface area (Å²) in [7, 11) is 1.52. The van der Waals surface area contributed by atoms with Crippen LogP contribution in [-0.2, 0) is 14.2 Å². The normalized spacial score (nSPS) is 13.5. The largest absolute Gasteiger partial charge is 0.366 e. The average molecular weight is 150 g/mol. The van der Waals surface area contributed by atoms with Crippen LogP contribution in [0, 0.1) is 0 Å². The predicted octanol–water partition coefficient (Wildman–Crippen LogP) is -0.0382. The summed E-state index contributed by atoms with van der Waals surface area (Å²) in [6.45, 7) is 2.63. The van der Waals surface area contributed by atoms with Gasteiger partial charge in [-0.1, -0.05) is 0 Å². The second-order valence-corrected chi connectivity index (χ2v) is 1.69. The Morgan fingerprint density at radius 1 is 1.50 bits per heavy atom. The number of hydrogen-bond acceptors (Lipinski definition) is 4. The monoisotopic (exact) mass is 150 g/mol. The van der Waals surface area contributed by atoms with Gasteiger partial charge in [-0.05, 0) is 6.92 Å². The maximum absolute atomic E-state index is 8.87. The quantitative estimate of drug-likeness (QED) is 0.426. The molecule has 0 spiro atoms. The summed E-state index contributed by atoms with van der Waals surface area (Å²) in [6, 6.07) is 0. The van der Waals surface area contributed by atoms with Gasteiger partial charge in [0.25, 0.3) is 0 Å². The van der Waals surface area contributed by atoms with E-state index in [4.69, 9.17) is 14.6 Å². The van der Waals surface area contributed by atoms with E-state index in [1.54, 1.807) is 6.92 Å². The molecule has 1 atom stereocenters. The van der Waals surface area contributed by atoms with Crippen LogP contribution in [0.4, 0.5) is 0 Å². The van der Waals surface area contributed by atoms with Crippen LogP contribution in [0.25, 0.3) is 0 Å². The van der Waals surface area contributed by atoms with Crippen LogP contribution < -0.4 is 0 Å². The molecule has 0 aliphatic rings. The number of methoxy groups -OCH3 is 1. The van der Waals surface area contributed by atoms with Gasteiger partial charge in [0.2, 0.25) is 0 Å². The molecule has 1 N–H and O–H groups in total. The summed E-state index contributed by atoms with van der Waals surface area (Å²) in [5, 5.41) is 8.87. The third-order valence-corrected chi connectivity index (χ3v) is 0.821. The van der Waals surface area contributed by atoms with Crippen molar-refractivity contribution in [2.75, 3.05) is 27.1 Å². The molecule has 4 heteroatoms. The minimum Gasteiger partial charge on any atom is -0.366 e. The van der Waals surface area contributed by atoms with E-state index in [0.717, 1.165) is 0 Å². The van der Waals surface area contributed by atoms with Crippen molar-refractivity contribution in [3.05, 3.63) is 0 Å². The lowest BCUT2D eigenvalue weighted by atomic mass is 10.7. The Morgan fingerprint density at radius 3 is 2.70 bits per heavy atom. The highest BCUT2D eigenvalue weighted by Gasteiger charge is 2.00. The zero-order chi connectivity index (χ0) is 7.82. The Bertz CT molecular complexity index is 66.8. The van der Waals surface area contributed by atoms with E-state index < -0.39 is 6.29 Å². The maximum atomic E-state index is 8.87. The topological polar surface area (TPSA) is 47.9 Å². The lowest BCUT2D eigenvalue weighted by molar-refractivity contribution is -0.156. The molecule has 0 saturated carbocycles. The van der Waals surface area contributed by atoms with E-state index in [1.165, 1.54) is 7.11 Å². The third kappa shape index (κ3) is 5.97. The molecule has 0 amide bonds. The van der Waals surface area contributed by atoms with Gasteiger partial charge in [0.05, 0.1) is 0 Å². The fraction of sp³-hybridized carbons (Fsp3) is 1.00. The lowest BCUT2D eigenvalue weighted by Gasteiger charge is -2.09. The Hall–Kier alpha value is -0.160. The van der Waals surface area contributed by atoms with Crippen molar-refractivity contribution in [1.82, 2.24) is 0 Å². The number of rotatable bonds is 6. The van der Waals surface area contributed by atoms with Crippen LogP contribution in [0.3, 0.4) is 0 Å². The van der Waals surface area contributed by atoms with Gasteiger partial charge in [-0.2, -0.15) is 0 Å². The molecular formula is C6H14O4. The van der Waals surface area contributed by atoms with Crippen molar-refractivity contribution < 1.29 is 19.3 Å². The van der Waals surface area contributed by atoms with E-state index in [-0.39, 0.29) is 13.4 Å². The summed E-state index contributed by atoms with van der Waals surface area (Å²) >= 11 is 0. The highest BCUT2D eigenvalue weighted by molar-refractivity contribution is 4.33. The average Bonchev–Trinajstić information content (AvgIpc) is 1.89. The van der Waals surface area contributed by atoms with E-state index in [1.807, 2.05) is 0 Å². The molecule has 10 heavy (non-hydrogen) atoms. The Kier molecular flexibility index (Phi) is 6.84. The summed E-state index contributed by atoms with van der Waals surface area (Å²) in [4.78, 5) is 0. The highest BCUT2D eigenvalue weighted by atomic mass is 16.7. The fourth-order valence-corrected chi connectivity index (χ4v) is 0.473. The first-order chi connectivity index (χ1) is 4.81. The first kappa shape index (κ1) is 9.84. The lowest BCUT2D eigenvalue weighted by Crippen LogP contribution is -2.19. The summed E-state index contributed by atoms with van der Waals surface area (Å²) in [5.74, 6) is 0. The van der Waals surface area contributed by atoms with Crippen molar-refractivity contribution in [2.45, 2.75) is 13.2 Å². The van der Waals surface area contributed by atoms with Gasteiger partial charge in [0.15, 0.2) is 6.29 Å². The Labute approximate surface area is 60.7 Å². The van der Waals surface area contributed by atoms with Crippen molar-refractivity contribution in [3.63, 3.8) is 0 Å². The molecule has 0 aromatic carbocycles. The molecule has 0 fully saturated rings. The van der Waals surface area contributed by atoms with Gasteiger partial charge in [-0.3, -0.25) is 0 Å². The van der Waals surface area contributed by atoms with Gasteiger partial charge in [0.1, 0.15) is 13.4 Å². The van der Waals surface area contributed by atoms with Crippen LogP contribution in [0.15, 0.2) is 0 Å². The SMILES string of the molecule is CCOC(O)COCOC. The molecule has 0 radical (unpaired) electrons. The zero-order valence-corrected chi connectivity index (χ0v) is 6.37. The third-order valence-electron chi connectivity index (χ3n) is 0.821. The smallest absolute Gasteiger partial charge is 0.178 e. The summed E-state index contributed by atoms with van der Waals surface area (Å²) in [6.07, 6.45) is -0.833. The summed E-state index contributed by atoms with van der Waals surface area (Å²) < 4.78 is 14.1. The van der Waals surface area contributed by atoms with Gasteiger partial charge >= 0.3 is 0 Å². The van der Waals surface area contributed by atoms with Gasteiger partial charge in [-0.15, -0.1) is 0 Å². The van der Waals surface area contributed by atoms with Crippen molar-refractivity contribution in [3.8, 4) is 0 Å². The second-order valence-electron chi connectivity index (χ2n) is 1.69. The Balaban J connectivity index is 2.97. The zero-order valence-electron chi connectivity index (χ0n) is 6.37. The molecular weight excluding hydrogens is 136 g/mol. The van der Waals surface area contributed by atoms with E-state index >= 15 is 0 Å². The van der Waals surface area contributed by atoms with E-state index in [9.17, 15) is 0 Å². The first-order valence-electron chi connectivity index (χ1n) is 3.17. The molecule has 0 aromatic heterocycles. The molecule has 0 aromatic rings. The van der Waals surface area contributed by atoms with Crippen molar-refractivity contribution in [2.24, 2.45) is 0 Å². The number of aliphatic hydroxyl groups excluding tert-OH is 1. The molecule has 0 aliphatic heterocycles. The minimum absolute atomic E-state index is 0.154. The summed E-state index contributed by atoms with van der Waals surface area (Å²) in [5.41, 5.74) is 0. The first-order valence-corrected chi connectivity index (χ1v) is 3.17. The number of ether oxygens (including phenoxy) is 3. The fourth-order valence-electron chi connectivity index (χ4n) is 0.473. The minimum atomic E-state index is -0.833. The number of hydrogen-bond donors (Lipinski definition) is 1. The molecule has 62 valence electrons. The molecule has 4 nitrogen and oxygen atoms in total. The second kappa shape index (κ2) is 6.95. The molecule has 0 rings (SSSR count). The molecule has 0 saturated heterocycles. The van der Waals surface area contributed by atoms with Crippen LogP contribution in [0.2, 0.25) is 0 Å². The molecule has 1 unspecified atom stereocenters. The molecule has 0 aliphatic carbocycles. The van der Waals surface area contributed by atoms with Crippen LogP contribution >= 0.6 is 0 Å². The van der Waals surface area contributed by atoms with Gasteiger partial charge in [-0.25, -0.2) is 0 Å². The van der Waals surface area contributed by atoms with Gasteiger partial charge < -0.3 is 19.3 Å². The van der Waals surface area contributed by atoms with Crippen molar-refractivity contribution >= 4 is 0 Å². The van der Waals surface area contributed by atoms with Crippen LogP contribution in [0.1, 0.15) is 6.92 Å². The predicted molar refractivity (Wildman–Crippen MR) is 35.5 cm³/mol. The van der Waals surface area contributed by atoms with E-state index in [2.05, 4.69) is 4.74 Å². The standard InChI is InChI=1S/C6H14O4/c1-3-10-6(7)4-9-5-8-2/h6-7H,3-5H2,1-2H3. The van der Waals surface area contributed by atoms with Crippen molar-refractivity contribution in [1.29, 1.82) is 0 Å². The van der Waals surface area contributed by atoms with Crippen LogP contribution in [0.5, 0.6) is 0 Å². The van der Waals surface area contributed by atoms with E-state index in [0.29, 0.717) is 6.61 Å². The van der Waals surface area contributed by atoms with Gasteiger partial charge in [0, 0.05) is 13.7 Å². The maximum Gasteiger partial charge on any atom is 0.178 e. The molecule has 0 heterocycles.